The Morgan fingerprint density at radius 2 is 2.19 bits per heavy atom. The SMILES string of the molecule is CCCNC(CSc1ccccc1Br)Cc1ncnn1C. The van der Waals surface area contributed by atoms with Crippen LogP contribution in [0, 0.1) is 0 Å². The summed E-state index contributed by atoms with van der Waals surface area (Å²) in [6.07, 6.45) is 3.65. The summed E-state index contributed by atoms with van der Waals surface area (Å²) in [5.41, 5.74) is 0. The molecule has 6 heteroatoms. The van der Waals surface area contributed by atoms with E-state index in [-0.39, 0.29) is 0 Å². The van der Waals surface area contributed by atoms with E-state index < -0.39 is 0 Å². The zero-order valence-corrected chi connectivity index (χ0v) is 14.8. The van der Waals surface area contributed by atoms with Gasteiger partial charge in [0, 0.05) is 34.6 Å². The van der Waals surface area contributed by atoms with E-state index in [0.717, 1.165) is 35.4 Å². The molecule has 1 heterocycles. The topological polar surface area (TPSA) is 42.7 Å². The average Bonchev–Trinajstić information content (AvgIpc) is 2.88. The molecule has 0 aliphatic heterocycles. The summed E-state index contributed by atoms with van der Waals surface area (Å²) in [6.45, 7) is 3.21. The summed E-state index contributed by atoms with van der Waals surface area (Å²) in [4.78, 5) is 5.61. The first-order valence-corrected chi connectivity index (χ1v) is 8.92. The van der Waals surface area contributed by atoms with E-state index >= 15 is 0 Å². The van der Waals surface area contributed by atoms with Gasteiger partial charge in [0.1, 0.15) is 12.2 Å². The van der Waals surface area contributed by atoms with E-state index in [1.165, 1.54) is 4.90 Å². The Bertz CT molecular complexity index is 558. The Morgan fingerprint density at radius 3 is 2.86 bits per heavy atom. The predicted octanol–water partition coefficient (Wildman–Crippen LogP) is 3.28. The van der Waals surface area contributed by atoms with Crippen LogP contribution in [0.4, 0.5) is 0 Å². The molecule has 0 saturated carbocycles. The van der Waals surface area contributed by atoms with Gasteiger partial charge in [0.2, 0.25) is 0 Å². The smallest absolute Gasteiger partial charge is 0.138 e. The van der Waals surface area contributed by atoms with Crippen LogP contribution in [0.15, 0.2) is 40.0 Å². The zero-order chi connectivity index (χ0) is 15.1. The number of aromatic nitrogens is 3. The van der Waals surface area contributed by atoms with Crippen molar-refractivity contribution in [2.24, 2.45) is 7.05 Å². The maximum absolute atomic E-state index is 4.33. The van der Waals surface area contributed by atoms with Gasteiger partial charge in [-0.15, -0.1) is 11.8 Å². The molecule has 0 aliphatic carbocycles. The van der Waals surface area contributed by atoms with Crippen molar-refractivity contribution in [3.05, 3.63) is 40.9 Å². The Morgan fingerprint density at radius 1 is 1.38 bits per heavy atom. The minimum absolute atomic E-state index is 0.393. The lowest BCUT2D eigenvalue weighted by Crippen LogP contribution is -2.34. The van der Waals surface area contributed by atoms with Gasteiger partial charge in [-0.3, -0.25) is 4.68 Å². The second kappa shape index (κ2) is 8.56. The minimum Gasteiger partial charge on any atom is -0.313 e. The standard InChI is InChI=1S/C15H21BrN4S/c1-3-8-17-12(9-15-18-11-19-20(15)2)10-21-14-7-5-4-6-13(14)16/h4-7,11-12,17H,3,8-10H2,1-2H3. The quantitative estimate of drug-likeness (QED) is 0.726. The van der Waals surface area contributed by atoms with Gasteiger partial charge < -0.3 is 5.32 Å². The average molecular weight is 369 g/mol. The first-order valence-electron chi connectivity index (χ1n) is 7.14. The zero-order valence-electron chi connectivity index (χ0n) is 12.4. The molecule has 21 heavy (non-hydrogen) atoms. The molecule has 2 rings (SSSR count). The second-order valence-electron chi connectivity index (χ2n) is 4.90. The number of nitrogens with one attached hydrogen (secondary N) is 1. The van der Waals surface area contributed by atoms with Gasteiger partial charge in [0.05, 0.1) is 0 Å². The Labute approximate surface area is 138 Å². The third-order valence-corrected chi connectivity index (χ3v) is 5.38. The lowest BCUT2D eigenvalue weighted by molar-refractivity contribution is 0.526. The van der Waals surface area contributed by atoms with Crippen LogP contribution in [0.3, 0.4) is 0 Å². The van der Waals surface area contributed by atoms with Crippen molar-refractivity contribution in [3.63, 3.8) is 0 Å². The molecule has 1 N–H and O–H groups in total. The van der Waals surface area contributed by atoms with Gasteiger partial charge in [-0.1, -0.05) is 19.1 Å². The molecule has 0 saturated heterocycles. The summed E-state index contributed by atoms with van der Waals surface area (Å²) in [5.74, 6) is 2.03. The van der Waals surface area contributed by atoms with Crippen molar-refractivity contribution >= 4 is 27.7 Å². The van der Waals surface area contributed by atoms with Crippen molar-refractivity contribution in [1.29, 1.82) is 0 Å². The fourth-order valence-electron chi connectivity index (χ4n) is 2.02. The number of halogens is 1. The molecule has 4 nitrogen and oxygen atoms in total. The number of rotatable bonds is 8. The third-order valence-electron chi connectivity index (χ3n) is 3.19. The van der Waals surface area contributed by atoms with Crippen LogP contribution in [-0.4, -0.2) is 33.1 Å². The lowest BCUT2D eigenvalue weighted by atomic mass is 10.2. The van der Waals surface area contributed by atoms with Crippen molar-refractivity contribution in [2.45, 2.75) is 30.7 Å². The largest absolute Gasteiger partial charge is 0.313 e. The van der Waals surface area contributed by atoms with Crippen molar-refractivity contribution in [1.82, 2.24) is 20.1 Å². The van der Waals surface area contributed by atoms with Crippen LogP contribution in [0.1, 0.15) is 19.2 Å². The van der Waals surface area contributed by atoms with Gasteiger partial charge in [0.15, 0.2) is 0 Å². The number of hydrogen-bond acceptors (Lipinski definition) is 4. The molecule has 0 bridgehead atoms. The molecule has 2 aromatic rings. The summed E-state index contributed by atoms with van der Waals surface area (Å²) >= 11 is 5.47. The Hall–Kier alpha value is -0.850. The number of aryl methyl sites for hydroxylation is 1. The van der Waals surface area contributed by atoms with E-state index in [9.17, 15) is 0 Å². The Balaban J connectivity index is 1.96. The molecule has 1 unspecified atom stereocenters. The normalized spacial score (nSPS) is 12.5. The van der Waals surface area contributed by atoms with Crippen molar-refractivity contribution in [3.8, 4) is 0 Å². The molecule has 1 atom stereocenters. The monoisotopic (exact) mass is 368 g/mol. The van der Waals surface area contributed by atoms with Gasteiger partial charge in [-0.05, 0) is 41.0 Å². The van der Waals surface area contributed by atoms with Crippen LogP contribution in [0.25, 0.3) is 0 Å². The molecule has 0 spiro atoms. The fourth-order valence-corrected chi connectivity index (χ4v) is 3.64. The maximum Gasteiger partial charge on any atom is 0.138 e. The van der Waals surface area contributed by atoms with Crippen LogP contribution < -0.4 is 5.32 Å². The number of benzene rings is 1. The minimum atomic E-state index is 0.393. The summed E-state index contributed by atoms with van der Waals surface area (Å²) in [7, 11) is 1.94. The van der Waals surface area contributed by atoms with E-state index in [2.05, 4.69) is 56.5 Å². The second-order valence-corrected chi connectivity index (χ2v) is 6.81. The van der Waals surface area contributed by atoms with E-state index in [1.54, 1.807) is 6.33 Å². The highest BCUT2D eigenvalue weighted by molar-refractivity contribution is 9.10. The highest BCUT2D eigenvalue weighted by Gasteiger charge is 2.13. The van der Waals surface area contributed by atoms with Gasteiger partial charge in [-0.25, -0.2) is 4.98 Å². The van der Waals surface area contributed by atoms with Crippen LogP contribution in [0.2, 0.25) is 0 Å². The van der Waals surface area contributed by atoms with Crippen molar-refractivity contribution < 1.29 is 0 Å². The van der Waals surface area contributed by atoms with Gasteiger partial charge >= 0.3 is 0 Å². The van der Waals surface area contributed by atoms with Crippen LogP contribution in [0.5, 0.6) is 0 Å². The lowest BCUT2D eigenvalue weighted by Gasteiger charge is -2.18. The number of hydrogen-bond donors (Lipinski definition) is 1. The predicted molar refractivity (Wildman–Crippen MR) is 91.7 cm³/mol. The molecule has 1 aromatic carbocycles. The molecule has 0 radical (unpaired) electrons. The highest BCUT2D eigenvalue weighted by atomic mass is 79.9. The van der Waals surface area contributed by atoms with Crippen LogP contribution in [-0.2, 0) is 13.5 Å². The summed E-state index contributed by atoms with van der Waals surface area (Å²) < 4.78 is 3.01. The summed E-state index contributed by atoms with van der Waals surface area (Å²) in [5, 5.41) is 7.75. The molecule has 0 fully saturated rings. The van der Waals surface area contributed by atoms with Crippen LogP contribution >= 0.6 is 27.7 Å². The first kappa shape index (κ1) is 16.5. The summed E-state index contributed by atoms with van der Waals surface area (Å²) in [6, 6.07) is 8.74. The molecule has 0 amide bonds. The fraction of sp³-hybridized carbons (Fsp3) is 0.467. The Kier molecular flexibility index (Phi) is 6.73. The van der Waals surface area contributed by atoms with E-state index in [1.807, 2.05) is 29.6 Å². The van der Waals surface area contributed by atoms with Gasteiger partial charge in [-0.2, -0.15) is 5.10 Å². The van der Waals surface area contributed by atoms with Gasteiger partial charge in [0.25, 0.3) is 0 Å². The molecular formula is C15H21BrN4S. The van der Waals surface area contributed by atoms with E-state index in [4.69, 9.17) is 0 Å². The maximum atomic E-state index is 4.33. The molecular weight excluding hydrogens is 348 g/mol. The van der Waals surface area contributed by atoms with E-state index in [0.29, 0.717) is 6.04 Å². The van der Waals surface area contributed by atoms with Crippen molar-refractivity contribution in [2.75, 3.05) is 12.3 Å². The first-order chi connectivity index (χ1) is 10.2. The number of thioether (sulfide) groups is 1. The third kappa shape index (κ3) is 5.13. The number of nitrogens with zero attached hydrogens (tertiary/aromatic N) is 3. The molecule has 0 aliphatic rings. The molecule has 1 aromatic heterocycles. The highest BCUT2D eigenvalue weighted by Crippen LogP contribution is 2.27. The molecule has 114 valence electrons.